The van der Waals surface area contributed by atoms with Crippen molar-refractivity contribution in [2.75, 3.05) is 0 Å². The van der Waals surface area contributed by atoms with Crippen LogP contribution in [0, 0.1) is 6.92 Å². The highest BCUT2D eigenvalue weighted by atomic mass is 16.3. The topological polar surface area (TPSA) is 67.2 Å². The van der Waals surface area contributed by atoms with Crippen molar-refractivity contribution >= 4 is 5.91 Å². The number of phenolic OH excluding ortho intramolecular Hbond substituents is 1. The maximum Gasteiger partial charge on any atom is 0.269 e. The number of aryl methyl sites for hydroxylation is 2. The summed E-state index contributed by atoms with van der Waals surface area (Å²) in [4.78, 5) is 11.9. The van der Waals surface area contributed by atoms with Crippen molar-refractivity contribution in [2.45, 2.75) is 13.5 Å². The molecule has 0 aliphatic carbocycles. The van der Waals surface area contributed by atoms with Gasteiger partial charge in [0.1, 0.15) is 11.4 Å². The van der Waals surface area contributed by atoms with Gasteiger partial charge in [-0.05, 0) is 19.1 Å². The zero-order chi connectivity index (χ0) is 13.1. The van der Waals surface area contributed by atoms with E-state index < -0.39 is 0 Å². The molecule has 0 saturated heterocycles. The zero-order valence-electron chi connectivity index (χ0n) is 10.3. The maximum absolute atomic E-state index is 11.9. The van der Waals surface area contributed by atoms with Crippen LogP contribution in [0.25, 0.3) is 0 Å². The van der Waals surface area contributed by atoms with Gasteiger partial charge in [-0.3, -0.25) is 9.48 Å². The Balaban J connectivity index is 2.05. The Morgan fingerprint density at radius 1 is 1.44 bits per heavy atom. The van der Waals surface area contributed by atoms with Gasteiger partial charge in [-0.2, -0.15) is 5.10 Å². The highest BCUT2D eigenvalue weighted by molar-refractivity contribution is 5.92. The molecule has 1 heterocycles. The van der Waals surface area contributed by atoms with Gasteiger partial charge in [-0.1, -0.05) is 18.2 Å². The lowest BCUT2D eigenvalue weighted by Crippen LogP contribution is -2.25. The van der Waals surface area contributed by atoms with Crippen molar-refractivity contribution in [3.63, 3.8) is 0 Å². The summed E-state index contributed by atoms with van der Waals surface area (Å²) in [6, 6.07) is 8.64. The predicted molar refractivity (Wildman–Crippen MR) is 67.2 cm³/mol. The Bertz CT molecular complexity index is 575. The van der Waals surface area contributed by atoms with E-state index >= 15 is 0 Å². The first-order valence-corrected chi connectivity index (χ1v) is 5.63. The summed E-state index contributed by atoms with van der Waals surface area (Å²) in [6.07, 6.45) is 0. The van der Waals surface area contributed by atoms with Gasteiger partial charge in [0.2, 0.25) is 0 Å². The van der Waals surface area contributed by atoms with Crippen molar-refractivity contribution in [1.29, 1.82) is 0 Å². The molecular formula is C13H15N3O2. The number of amides is 1. The third kappa shape index (κ3) is 2.51. The number of rotatable bonds is 3. The fourth-order valence-corrected chi connectivity index (χ4v) is 1.75. The number of hydrogen-bond donors (Lipinski definition) is 2. The molecule has 0 bridgehead atoms. The van der Waals surface area contributed by atoms with Gasteiger partial charge in [0, 0.05) is 19.2 Å². The number of hydrogen-bond acceptors (Lipinski definition) is 3. The van der Waals surface area contributed by atoms with Gasteiger partial charge in [-0.25, -0.2) is 0 Å². The molecule has 0 saturated carbocycles. The molecule has 0 unspecified atom stereocenters. The van der Waals surface area contributed by atoms with E-state index in [1.54, 1.807) is 31.3 Å². The standard InChI is InChI=1S/C13H15N3O2/c1-9-7-11(16(2)15-9)13(18)14-8-10-5-3-4-6-12(10)17/h3-7,17H,8H2,1-2H3,(H,14,18). The lowest BCUT2D eigenvalue weighted by molar-refractivity contribution is 0.0941. The second-order valence-corrected chi connectivity index (χ2v) is 4.11. The average molecular weight is 245 g/mol. The summed E-state index contributed by atoms with van der Waals surface area (Å²) in [5.41, 5.74) is 1.98. The smallest absolute Gasteiger partial charge is 0.269 e. The molecule has 5 nitrogen and oxygen atoms in total. The van der Waals surface area contributed by atoms with E-state index in [9.17, 15) is 9.90 Å². The second-order valence-electron chi connectivity index (χ2n) is 4.11. The summed E-state index contributed by atoms with van der Waals surface area (Å²) in [7, 11) is 1.72. The van der Waals surface area contributed by atoms with Gasteiger partial charge in [0.15, 0.2) is 0 Å². The minimum atomic E-state index is -0.207. The summed E-state index contributed by atoms with van der Waals surface area (Å²) >= 11 is 0. The third-order valence-electron chi connectivity index (χ3n) is 2.67. The fraction of sp³-hybridized carbons (Fsp3) is 0.231. The fourth-order valence-electron chi connectivity index (χ4n) is 1.75. The molecule has 94 valence electrons. The minimum absolute atomic E-state index is 0.180. The molecule has 2 aromatic rings. The van der Waals surface area contributed by atoms with Crippen LogP contribution in [0.5, 0.6) is 5.75 Å². The maximum atomic E-state index is 11.9. The second kappa shape index (κ2) is 4.91. The summed E-state index contributed by atoms with van der Waals surface area (Å²) in [5, 5.41) is 16.4. The summed E-state index contributed by atoms with van der Waals surface area (Å²) in [6.45, 7) is 2.12. The van der Waals surface area contributed by atoms with Crippen molar-refractivity contribution in [1.82, 2.24) is 15.1 Å². The molecule has 0 spiro atoms. The molecule has 1 amide bonds. The van der Waals surface area contributed by atoms with Gasteiger partial charge < -0.3 is 10.4 Å². The number of para-hydroxylation sites is 1. The van der Waals surface area contributed by atoms with E-state index in [2.05, 4.69) is 10.4 Å². The molecule has 0 aliphatic heterocycles. The van der Waals surface area contributed by atoms with Crippen LogP contribution in [0.1, 0.15) is 21.7 Å². The molecule has 18 heavy (non-hydrogen) atoms. The number of carbonyl (C=O) groups excluding carboxylic acids is 1. The minimum Gasteiger partial charge on any atom is -0.508 e. The van der Waals surface area contributed by atoms with Crippen LogP contribution >= 0.6 is 0 Å². The molecule has 0 fully saturated rings. The van der Waals surface area contributed by atoms with E-state index in [0.717, 1.165) is 5.69 Å². The van der Waals surface area contributed by atoms with E-state index in [1.807, 2.05) is 13.0 Å². The van der Waals surface area contributed by atoms with Crippen molar-refractivity contribution in [3.8, 4) is 5.75 Å². The zero-order valence-corrected chi connectivity index (χ0v) is 10.3. The molecule has 2 N–H and O–H groups in total. The predicted octanol–water partition coefficient (Wildman–Crippen LogP) is 1.36. The molecule has 1 aromatic heterocycles. The molecule has 2 rings (SSSR count). The van der Waals surface area contributed by atoms with Crippen molar-refractivity contribution < 1.29 is 9.90 Å². The van der Waals surface area contributed by atoms with E-state index in [0.29, 0.717) is 11.3 Å². The summed E-state index contributed by atoms with van der Waals surface area (Å²) < 4.78 is 1.54. The van der Waals surface area contributed by atoms with Crippen LogP contribution in [0.15, 0.2) is 30.3 Å². The lowest BCUT2D eigenvalue weighted by atomic mass is 10.2. The lowest BCUT2D eigenvalue weighted by Gasteiger charge is -2.06. The van der Waals surface area contributed by atoms with Gasteiger partial charge in [0.05, 0.1) is 5.69 Å². The van der Waals surface area contributed by atoms with Crippen LogP contribution in [0.2, 0.25) is 0 Å². The van der Waals surface area contributed by atoms with Crippen LogP contribution in [0.3, 0.4) is 0 Å². The van der Waals surface area contributed by atoms with Gasteiger partial charge in [-0.15, -0.1) is 0 Å². The number of aromatic hydroxyl groups is 1. The molecule has 0 atom stereocenters. The van der Waals surface area contributed by atoms with Crippen LogP contribution in [0.4, 0.5) is 0 Å². The van der Waals surface area contributed by atoms with E-state index in [-0.39, 0.29) is 18.2 Å². The Hall–Kier alpha value is -2.30. The average Bonchev–Trinajstić information content (AvgIpc) is 2.67. The third-order valence-corrected chi connectivity index (χ3v) is 2.67. The van der Waals surface area contributed by atoms with Gasteiger partial charge >= 0.3 is 0 Å². The normalized spacial score (nSPS) is 10.3. The number of carbonyl (C=O) groups is 1. The first-order valence-electron chi connectivity index (χ1n) is 5.63. The van der Waals surface area contributed by atoms with E-state index in [4.69, 9.17) is 0 Å². The number of benzene rings is 1. The first-order chi connectivity index (χ1) is 8.58. The molecular weight excluding hydrogens is 230 g/mol. The molecule has 5 heteroatoms. The Kier molecular flexibility index (Phi) is 3.32. The SMILES string of the molecule is Cc1cc(C(=O)NCc2ccccc2O)n(C)n1. The Labute approximate surface area is 105 Å². The molecule has 1 aromatic carbocycles. The van der Waals surface area contributed by atoms with Crippen molar-refractivity contribution in [3.05, 3.63) is 47.3 Å². The number of aromatic nitrogens is 2. The van der Waals surface area contributed by atoms with E-state index in [1.165, 1.54) is 4.68 Å². The quantitative estimate of drug-likeness (QED) is 0.858. The number of phenols is 1. The van der Waals surface area contributed by atoms with Gasteiger partial charge in [0.25, 0.3) is 5.91 Å². The number of nitrogens with zero attached hydrogens (tertiary/aromatic N) is 2. The van der Waals surface area contributed by atoms with Crippen LogP contribution in [-0.4, -0.2) is 20.8 Å². The largest absolute Gasteiger partial charge is 0.508 e. The monoisotopic (exact) mass is 245 g/mol. The number of nitrogens with one attached hydrogen (secondary N) is 1. The Morgan fingerprint density at radius 3 is 2.78 bits per heavy atom. The first kappa shape index (κ1) is 12.2. The summed E-state index contributed by atoms with van der Waals surface area (Å²) in [5.74, 6) is -0.0275. The van der Waals surface area contributed by atoms with Crippen LogP contribution in [-0.2, 0) is 13.6 Å². The highest BCUT2D eigenvalue weighted by Crippen LogP contribution is 2.15. The highest BCUT2D eigenvalue weighted by Gasteiger charge is 2.11. The Morgan fingerprint density at radius 2 is 2.17 bits per heavy atom. The molecule has 0 aliphatic rings. The molecule has 0 radical (unpaired) electrons. The van der Waals surface area contributed by atoms with Crippen molar-refractivity contribution in [2.24, 2.45) is 7.05 Å². The van der Waals surface area contributed by atoms with Crippen LogP contribution < -0.4 is 5.32 Å².